The lowest BCUT2D eigenvalue weighted by Gasteiger charge is -2.18. The van der Waals surface area contributed by atoms with Gasteiger partial charge in [-0.1, -0.05) is 22.0 Å². The molecule has 3 N–H and O–H groups in total. The molecule has 0 aliphatic heterocycles. The van der Waals surface area contributed by atoms with Gasteiger partial charge in [-0.15, -0.1) is 0 Å². The summed E-state index contributed by atoms with van der Waals surface area (Å²) in [6.45, 7) is 4.37. The zero-order chi connectivity index (χ0) is 12.8. The molecule has 0 saturated heterocycles. The highest BCUT2D eigenvalue weighted by atomic mass is 79.9. The Labute approximate surface area is 110 Å². The van der Waals surface area contributed by atoms with Crippen molar-refractivity contribution in [3.8, 4) is 0 Å². The van der Waals surface area contributed by atoms with Gasteiger partial charge in [0.15, 0.2) is 0 Å². The molecular weight excluding hydrogens is 287 g/mol. The molecule has 0 aliphatic rings. The van der Waals surface area contributed by atoms with Gasteiger partial charge in [-0.05, 0) is 38.0 Å². The van der Waals surface area contributed by atoms with Gasteiger partial charge in [-0.25, -0.2) is 4.39 Å². The third-order valence-electron chi connectivity index (χ3n) is 2.35. The number of hydrogen-bond acceptors (Lipinski definition) is 3. The number of rotatable bonds is 6. The molecule has 1 atom stereocenters. The monoisotopic (exact) mass is 304 g/mol. The molecular formula is C12H18BrFN2O. The zero-order valence-corrected chi connectivity index (χ0v) is 11.6. The van der Waals surface area contributed by atoms with E-state index in [0.29, 0.717) is 18.6 Å². The first-order valence-electron chi connectivity index (χ1n) is 5.54. The van der Waals surface area contributed by atoms with Crippen molar-refractivity contribution in [1.29, 1.82) is 0 Å². The van der Waals surface area contributed by atoms with Crippen molar-refractivity contribution < 1.29 is 9.13 Å². The lowest BCUT2D eigenvalue weighted by Crippen LogP contribution is -2.41. The highest BCUT2D eigenvalue weighted by Gasteiger charge is 2.12. The molecule has 0 saturated carbocycles. The van der Waals surface area contributed by atoms with Crippen molar-refractivity contribution in [1.82, 2.24) is 5.43 Å². The van der Waals surface area contributed by atoms with Crippen molar-refractivity contribution >= 4 is 15.9 Å². The van der Waals surface area contributed by atoms with Gasteiger partial charge in [-0.2, -0.15) is 0 Å². The number of benzene rings is 1. The summed E-state index contributed by atoms with van der Waals surface area (Å²) < 4.78 is 19.8. The van der Waals surface area contributed by atoms with Crippen LogP contribution in [0.3, 0.4) is 0 Å². The Hall–Kier alpha value is -0.490. The smallest absolute Gasteiger partial charge is 0.127 e. The van der Waals surface area contributed by atoms with Crippen LogP contribution in [0.1, 0.15) is 19.4 Å². The Morgan fingerprint density at radius 2 is 2.18 bits per heavy atom. The van der Waals surface area contributed by atoms with Gasteiger partial charge >= 0.3 is 0 Å². The van der Waals surface area contributed by atoms with Gasteiger partial charge in [-0.3, -0.25) is 11.3 Å². The van der Waals surface area contributed by atoms with Gasteiger partial charge < -0.3 is 4.74 Å². The summed E-state index contributed by atoms with van der Waals surface area (Å²) in [7, 11) is 0. The van der Waals surface area contributed by atoms with Crippen LogP contribution in [-0.4, -0.2) is 18.8 Å². The van der Waals surface area contributed by atoms with Crippen molar-refractivity contribution in [2.24, 2.45) is 5.84 Å². The maximum atomic E-state index is 13.6. The van der Waals surface area contributed by atoms with Crippen LogP contribution in [0.2, 0.25) is 0 Å². The second kappa shape index (κ2) is 7.06. The summed E-state index contributed by atoms with van der Waals surface area (Å²) in [5.41, 5.74) is 3.27. The van der Waals surface area contributed by atoms with E-state index in [1.54, 1.807) is 6.07 Å². The second-order valence-corrected chi connectivity index (χ2v) is 5.10. The molecule has 3 nitrogen and oxygen atoms in total. The SMILES string of the molecule is CC(C)OCC(Cc1ccc(Br)cc1F)NN. The first-order chi connectivity index (χ1) is 8.02. The van der Waals surface area contributed by atoms with Gasteiger partial charge in [0, 0.05) is 10.5 Å². The van der Waals surface area contributed by atoms with Crippen LogP contribution in [0.4, 0.5) is 4.39 Å². The molecule has 1 aromatic carbocycles. The van der Waals surface area contributed by atoms with Crippen LogP contribution < -0.4 is 11.3 Å². The minimum absolute atomic E-state index is 0.0897. The summed E-state index contributed by atoms with van der Waals surface area (Å²) in [6.07, 6.45) is 0.642. The van der Waals surface area contributed by atoms with Gasteiger partial charge in [0.05, 0.1) is 12.7 Å². The number of nitrogens with two attached hydrogens (primary N) is 1. The molecule has 1 aromatic rings. The van der Waals surface area contributed by atoms with Gasteiger partial charge in [0.2, 0.25) is 0 Å². The maximum absolute atomic E-state index is 13.6. The fraction of sp³-hybridized carbons (Fsp3) is 0.500. The third kappa shape index (κ3) is 5.12. The Morgan fingerprint density at radius 3 is 2.71 bits per heavy atom. The zero-order valence-electron chi connectivity index (χ0n) is 10.0. The molecule has 0 heterocycles. The first kappa shape index (κ1) is 14.6. The molecule has 17 heavy (non-hydrogen) atoms. The summed E-state index contributed by atoms with van der Waals surface area (Å²) >= 11 is 3.22. The molecule has 1 unspecified atom stereocenters. The normalized spacial score (nSPS) is 13.1. The molecule has 0 bridgehead atoms. The fourth-order valence-corrected chi connectivity index (χ4v) is 1.76. The van der Waals surface area contributed by atoms with E-state index in [9.17, 15) is 4.39 Å². The summed E-state index contributed by atoms with van der Waals surface area (Å²) in [5.74, 6) is 5.19. The molecule has 0 aromatic heterocycles. The first-order valence-corrected chi connectivity index (χ1v) is 6.34. The number of nitrogens with one attached hydrogen (secondary N) is 1. The van der Waals surface area contributed by atoms with E-state index in [-0.39, 0.29) is 18.0 Å². The number of hydrogen-bond donors (Lipinski definition) is 2. The topological polar surface area (TPSA) is 47.3 Å². The van der Waals surface area contributed by atoms with Crippen molar-refractivity contribution in [3.05, 3.63) is 34.1 Å². The van der Waals surface area contributed by atoms with E-state index in [1.807, 2.05) is 19.9 Å². The Bertz CT molecular complexity index is 360. The van der Waals surface area contributed by atoms with Crippen LogP contribution in [0.5, 0.6) is 0 Å². The maximum Gasteiger partial charge on any atom is 0.127 e. The lowest BCUT2D eigenvalue weighted by molar-refractivity contribution is 0.0611. The summed E-state index contributed by atoms with van der Waals surface area (Å²) in [5, 5.41) is 0. The highest BCUT2D eigenvalue weighted by molar-refractivity contribution is 9.10. The summed E-state index contributed by atoms with van der Waals surface area (Å²) in [4.78, 5) is 0. The predicted molar refractivity (Wildman–Crippen MR) is 70.0 cm³/mol. The van der Waals surface area contributed by atoms with Crippen molar-refractivity contribution in [2.75, 3.05) is 6.61 Å². The van der Waals surface area contributed by atoms with E-state index in [4.69, 9.17) is 10.6 Å². The quantitative estimate of drug-likeness (QED) is 0.627. The largest absolute Gasteiger partial charge is 0.377 e. The number of halogens is 2. The van der Waals surface area contributed by atoms with Crippen LogP contribution in [0.15, 0.2) is 22.7 Å². The van der Waals surface area contributed by atoms with E-state index >= 15 is 0 Å². The molecule has 0 spiro atoms. The predicted octanol–water partition coefficient (Wildman–Crippen LogP) is 2.39. The van der Waals surface area contributed by atoms with E-state index in [2.05, 4.69) is 21.4 Å². The second-order valence-electron chi connectivity index (χ2n) is 4.19. The van der Waals surface area contributed by atoms with Crippen LogP contribution >= 0.6 is 15.9 Å². The molecule has 0 amide bonds. The van der Waals surface area contributed by atoms with Crippen LogP contribution in [-0.2, 0) is 11.2 Å². The van der Waals surface area contributed by atoms with Crippen LogP contribution in [0, 0.1) is 5.82 Å². The molecule has 0 aliphatic carbocycles. The van der Waals surface area contributed by atoms with Crippen molar-refractivity contribution in [3.63, 3.8) is 0 Å². The minimum atomic E-state index is -0.232. The Morgan fingerprint density at radius 1 is 1.47 bits per heavy atom. The average molecular weight is 305 g/mol. The van der Waals surface area contributed by atoms with E-state index in [0.717, 1.165) is 4.47 Å². The third-order valence-corrected chi connectivity index (χ3v) is 2.84. The van der Waals surface area contributed by atoms with Gasteiger partial charge in [0.1, 0.15) is 5.82 Å². The molecule has 0 fully saturated rings. The van der Waals surface area contributed by atoms with Gasteiger partial charge in [0.25, 0.3) is 0 Å². The molecule has 0 radical (unpaired) electrons. The molecule has 1 rings (SSSR count). The number of ether oxygens (including phenoxy) is 1. The van der Waals surface area contributed by atoms with E-state index < -0.39 is 0 Å². The van der Waals surface area contributed by atoms with Crippen LogP contribution in [0.25, 0.3) is 0 Å². The molecule has 96 valence electrons. The molecule has 5 heteroatoms. The lowest BCUT2D eigenvalue weighted by atomic mass is 10.1. The number of hydrazine groups is 1. The summed E-state index contributed by atoms with van der Waals surface area (Å²) in [6, 6.07) is 4.92. The van der Waals surface area contributed by atoms with Crippen molar-refractivity contribution in [2.45, 2.75) is 32.4 Å². The Kier molecular flexibility index (Phi) is 6.05. The standard InChI is InChI=1S/C12H18BrFN2O/c1-8(2)17-7-11(16-15)5-9-3-4-10(13)6-12(9)14/h3-4,6,8,11,16H,5,7,15H2,1-2H3. The Balaban J connectivity index is 2.60. The van der Waals surface area contributed by atoms with E-state index in [1.165, 1.54) is 6.07 Å². The average Bonchev–Trinajstić information content (AvgIpc) is 2.26. The minimum Gasteiger partial charge on any atom is -0.377 e. The highest BCUT2D eigenvalue weighted by Crippen LogP contribution is 2.16. The fourth-order valence-electron chi connectivity index (χ4n) is 1.43.